The number of carbonyl (C=O) groups is 3. The van der Waals surface area contributed by atoms with Crippen LogP contribution in [0.25, 0.3) is 0 Å². The maximum atomic E-state index is 12.2. The number of aliphatic hydroxyl groups excluding tert-OH is 1. The summed E-state index contributed by atoms with van der Waals surface area (Å²) in [5.74, 6) is -4.49. The van der Waals surface area contributed by atoms with Crippen molar-refractivity contribution >= 4 is 29.4 Å². The number of furan rings is 1. The Morgan fingerprint density at radius 2 is 1.72 bits per heavy atom. The first-order valence-electron chi connectivity index (χ1n) is 7.08. The van der Waals surface area contributed by atoms with E-state index in [0.29, 0.717) is 10.6 Å². The van der Waals surface area contributed by atoms with Crippen LogP contribution in [0.4, 0.5) is 0 Å². The molecule has 25 heavy (non-hydrogen) atoms. The SMILES string of the molecule is O=C(O)c1ccc(C(=O)NC(Cc2ccccc2Cl)C(O)C(=O)O)o1. The van der Waals surface area contributed by atoms with Gasteiger partial charge in [-0.15, -0.1) is 0 Å². The first kappa shape index (κ1) is 18.5. The van der Waals surface area contributed by atoms with Gasteiger partial charge >= 0.3 is 11.9 Å². The Morgan fingerprint density at radius 3 is 2.28 bits per heavy atom. The van der Waals surface area contributed by atoms with Gasteiger partial charge in [0.25, 0.3) is 5.91 Å². The number of carboxylic acid groups (broad SMARTS) is 2. The number of carboxylic acids is 2. The molecular formula is C16H14ClNO7. The van der Waals surface area contributed by atoms with Crippen molar-refractivity contribution in [2.45, 2.75) is 18.6 Å². The molecule has 0 fully saturated rings. The highest BCUT2D eigenvalue weighted by Crippen LogP contribution is 2.18. The van der Waals surface area contributed by atoms with Crippen LogP contribution in [0.3, 0.4) is 0 Å². The van der Waals surface area contributed by atoms with Gasteiger partial charge in [0.15, 0.2) is 11.9 Å². The lowest BCUT2D eigenvalue weighted by molar-refractivity contribution is -0.148. The molecular weight excluding hydrogens is 354 g/mol. The molecule has 4 N–H and O–H groups in total. The van der Waals surface area contributed by atoms with E-state index in [4.69, 9.17) is 26.2 Å². The molecule has 2 aromatic rings. The van der Waals surface area contributed by atoms with Gasteiger partial charge in [-0.25, -0.2) is 9.59 Å². The number of carbonyl (C=O) groups excluding carboxylic acids is 1. The fourth-order valence-corrected chi connectivity index (χ4v) is 2.34. The number of aromatic carboxylic acids is 1. The number of benzene rings is 1. The number of rotatable bonds is 7. The Labute approximate surface area is 146 Å². The predicted octanol–water partition coefficient (Wildman–Crippen LogP) is 1.42. The van der Waals surface area contributed by atoms with Crippen molar-refractivity contribution in [2.75, 3.05) is 0 Å². The number of hydrogen-bond acceptors (Lipinski definition) is 5. The van der Waals surface area contributed by atoms with Crippen LogP contribution in [0.1, 0.15) is 26.7 Å². The average Bonchev–Trinajstić information content (AvgIpc) is 3.05. The van der Waals surface area contributed by atoms with E-state index < -0.39 is 35.8 Å². The van der Waals surface area contributed by atoms with Gasteiger partial charge in [0.2, 0.25) is 5.76 Å². The number of nitrogens with one attached hydrogen (secondary N) is 1. The van der Waals surface area contributed by atoms with Crippen LogP contribution in [-0.2, 0) is 11.2 Å². The molecule has 0 aliphatic carbocycles. The lowest BCUT2D eigenvalue weighted by Gasteiger charge is -2.21. The molecule has 1 heterocycles. The third-order valence-corrected chi connectivity index (χ3v) is 3.76. The van der Waals surface area contributed by atoms with Crippen LogP contribution in [0, 0.1) is 0 Å². The first-order valence-corrected chi connectivity index (χ1v) is 7.45. The number of hydrogen-bond donors (Lipinski definition) is 4. The summed E-state index contributed by atoms with van der Waals surface area (Å²) < 4.78 is 4.86. The Bertz CT molecular complexity index is 801. The van der Waals surface area contributed by atoms with Crippen LogP contribution >= 0.6 is 11.6 Å². The van der Waals surface area contributed by atoms with Gasteiger partial charge in [-0.05, 0) is 30.2 Å². The number of amides is 1. The Balaban J connectivity index is 2.20. The van der Waals surface area contributed by atoms with Gasteiger partial charge in [0.05, 0.1) is 6.04 Å². The molecule has 0 radical (unpaired) electrons. The number of aliphatic hydroxyl groups is 1. The Morgan fingerprint density at radius 1 is 1.08 bits per heavy atom. The fraction of sp³-hybridized carbons (Fsp3) is 0.188. The van der Waals surface area contributed by atoms with Gasteiger partial charge < -0.3 is 25.1 Å². The molecule has 0 saturated heterocycles. The van der Waals surface area contributed by atoms with Crippen molar-refractivity contribution in [2.24, 2.45) is 0 Å². The Hall–Kier alpha value is -2.84. The monoisotopic (exact) mass is 367 g/mol. The Kier molecular flexibility index (Phi) is 5.79. The van der Waals surface area contributed by atoms with Gasteiger partial charge in [0, 0.05) is 5.02 Å². The molecule has 0 saturated carbocycles. The van der Waals surface area contributed by atoms with Gasteiger partial charge in [-0.1, -0.05) is 29.8 Å². The zero-order chi connectivity index (χ0) is 18.6. The summed E-state index contributed by atoms with van der Waals surface area (Å²) in [5, 5.41) is 30.3. The maximum Gasteiger partial charge on any atom is 0.371 e. The minimum atomic E-state index is -1.89. The van der Waals surface area contributed by atoms with Crippen molar-refractivity contribution in [3.8, 4) is 0 Å². The van der Waals surface area contributed by atoms with Crippen LogP contribution in [0.15, 0.2) is 40.8 Å². The summed E-state index contributed by atoms with van der Waals surface area (Å²) in [4.78, 5) is 34.0. The topological polar surface area (TPSA) is 137 Å². The van der Waals surface area contributed by atoms with Gasteiger partial charge in [0.1, 0.15) is 0 Å². The summed E-state index contributed by atoms with van der Waals surface area (Å²) >= 11 is 6.02. The van der Waals surface area contributed by atoms with Crippen molar-refractivity contribution in [1.29, 1.82) is 0 Å². The molecule has 1 amide bonds. The quantitative estimate of drug-likeness (QED) is 0.580. The van der Waals surface area contributed by atoms with Crippen LogP contribution in [-0.4, -0.2) is 45.3 Å². The summed E-state index contributed by atoms with van der Waals surface area (Å²) in [6, 6.07) is 7.61. The fourth-order valence-electron chi connectivity index (χ4n) is 2.13. The summed E-state index contributed by atoms with van der Waals surface area (Å²) in [6.07, 6.45) is -1.94. The zero-order valence-corrected chi connectivity index (χ0v) is 13.4. The molecule has 0 aliphatic heterocycles. The molecule has 2 rings (SSSR count). The van der Waals surface area contributed by atoms with Crippen molar-refractivity contribution in [3.05, 3.63) is 58.5 Å². The highest BCUT2D eigenvalue weighted by molar-refractivity contribution is 6.31. The highest BCUT2D eigenvalue weighted by Gasteiger charge is 2.29. The molecule has 0 spiro atoms. The molecule has 1 aromatic heterocycles. The van der Waals surface area contributed by atoms with E-state index in [1.807, 2.05) is 0 Å². The molecule has 2 atom stereocenters. The maximum absolute atomic E-state index is 12.2. The van der Waals surface area contributed by atoms with Crippen LogP contribution < -0.4 is 5.32 Å². The van der Waals surface area contributed by atoms with Gasteiger partial charge in [-0.3, -0.25) is 4.79 Å². The predicted molar refractivity (Wildman–Crippen MR) is 85.7 cm³/mol. The van der Waals surface area contributed by atoms with Crippen molar-refractivity contribution in [1.82, 2.24) is 5.32 Å². The number of halogens is 1. The lowest BCUT2D eigenvalue weighted by Crippen LogP contribution is -2.48. The van der Waals surface area contributed by atoms with E-state index in [-0.39, 0.29) is 12.2 Å². The standard InChI is InChI=1S/C16H14ClNO7/c17-9-4-2-1-3-8(9)7-10(13(19)16(23)24)18-14(20)11-5-6-12(25-11)15(21)22/h1-6,10,13,19H,7H2,(H,18,20)(H,21,22)(H,23,24). The first-order chi connectivity index (χ1) is 11.8. The summed E-state index contributed by atoms with van der Waals surface area (Å²) in [5.41, 5.74) is 0.528. The van der Waals surface area contributed by atoms with E-state index in [0.717, 1.165) is 12.1 Å². The van der Waals surface area contributed by atoms with E-state index in [1.54, 1.807) is 24.3 Å². The second-order valence-electron chi connectivity index (χ2n) is 5.13. The largest absolute Gasteiger partial charge is 0.479 e. The van der Waals surface area contributed by atoms with Crippen LogP contribution in [0.5, 0.6) is 0 Å². The average molecular weight is 368 g/mol. The van der Waals surface area contributed by atoms with Crippen molar-refractivity contribution in [3.63, 3.8) is 0 Å². The minimum Gasteiger partial charge on any atom is -0.479 e. The molecule has 2 unspecified atom stereocenters. The minimum absolute atomic E-state index is 0.0502. The number of aliphatic carboxylic acids is 1. The second-order valence-corrected chi connectivity index (χ2v) is 5.53. The highest BCUT2D eigenvalue weighted by atomic mass is 35.5. The molecule has 9 heteroatoms. The third kappa shape index (κ3) is 4.59. The van der Waals surface area contributed by atoms with E-state index in [1.165, 1.54) is 0 Å². The van der Waals surface area contributed by atoms with E-state index in [9.17, 15) is 19.5 Å². The zero-order valence-electron chi connectivity index (χ0n) is 12.7. The van der Waals surface area contributed by atoms with E-state index >= 15 is 0 Å². The normalized spacial score (nSPS) is 13.0. The third-order valence-electron chi connectivity index (χ3n) is 3.39. The molecule has 1 aromatic carbocycles. The summed E-state index contributed by atoms with van der Waals surface area (Å²) in [6.45, 7) is 0. The van der Waals surface area contributed by atoms with E-state index in [2.05, 4.69) is 5.32 Å². The van der Waals surface area contributed by atoms with Crippen molar-refractivity contribution < 1.29 is 34.1 Å². The molecule has 8 nitrogen and oxygen atoms in total. The summed E-state index contributed by atoms with van der Waals surface area (Å²) in [7, 11) is 0. The van der Waals surface area contributed by atoms with Gasteiger partial charge in [-0.2, -0.15) is 0 Å². The second kappa shape index (κ2) is 7.82. The molecule has 0 aliphatic rings. The lowest BCUT2D eigenvalue weighted by atomic mass is 10.0. The smallest absolute Gasteiger partial charge is 0.371 e. The van der Waals surface area contributed by atoms with Crippen LogP contribution in [0.2, 0.25) is 5.02 Å². The molecule has 132 valence electrons. The molecule has 0 bridgehead atoms.